The van der Waals surface area contributed by atoms with Gasteiger partial charge in [0.2, 0.25) is 11.8 Å². The van der Waals surface area contributed by atoms with E-state index in [0.29, 0.717) is 63.1 Å². The number of hydrogen-bond donors (Lipinski definition) is 3. The molecule has 1 amide bonds. The molecule has 4 N–H and O–H groups in total. The van der Waals surface area contributed by atoms with E-state index < -0.39 is 5.97 Å². The summed E-state index contributed by atoms with van der Waals surface area (Å²) in [5.41, 5.74) is 10.2. The van der Waals surface area contributed by atoms with Crippen molar-refractivity contribution in [3.05, 3.63) is 96.6 Å². The molecule has 9 heteroatoms. The summed E-state index contributed by atoms with van der Waals surface area (Å²) in [5, 5.41) is 12.1. The van der Waals surface area contributed by atoms with Crippen LogP contribution in [0.2, 0.25) is 0 Å². The van der Waals surface area contributed by atoms with Gasteiger partial charge in [-0.1, -0.05) is 66.7 Å². The number of nitrogens with one attached hydrogen (secondary N) is 1. The predicted molar refractivity (Wildman–Crippen MR) is 184 cm³/mol. The van der Waals surface area contributed by atoms with Crippen LogP contribution in [0.4, 0.5) is 0 Å². The number of carboxylic acids is 1. The summed E-state index contributed by atoms with van der Waals surface area (Å²) in [7, 11) is 0. The molecule has 4 rings (SSSR count). The quantitative estimate of drug-likeness (QED) is 0.0860. The molecule has 248 valence electrons. The van der Waals surface area contributed by atoms with Gasteiger partial charge >= 0.3 is 5.97 Å². The Morgan fingerprint density at radius 2 is 1.32 bits per heavy atom. The van der Waals surface area contributed by atoms with E-state index in [4.69, 9.17) is 24.9 Å². The first-order chi connectivity index (χ1) is 23.0. The zero-order chi connectivity index (χ0) is 33.1. The Hall–Kier alpha value is -4.89. The van der Waals surface area contributed by atoms with Crippen LogP contribution in [0.15, 0.2) is 91.0 Å². The second kappa shape index (κ2) is 19.6. The number of amides is 1. The normalized spacial score (nSPS) is 10.7. The number of unbranched alkanes of at least 4 members (excludes halogenated alkanes) is 2. The largest absolute Gasteiger partial charge is 0.493 e. The van der Waals surface area contributed by atoms with E-state index in [1.165, 1.54) is 0 Å². The van der Waals surface area contributed by atoms with Crippen molar-refractivity contribution in [2.75, 3.05) is 32.9 Å². The summed E-state index contributed by atoms with van der Waals surface area (Å²) in [5.74, 6) is 0.869. The molecular weight excluding hydrogens is 594 g/mol. The van der Waals surface area contributed by atoms with Crippen molar-refractivity contribution in [2.24, 2.45) is 5.73 Å². The molecule has 0 fully saturated rings. The van der Waals surface area contributed by atoms with Gasteiger partial charge in [0.25, 0.3) is 0 Å². The third-order valence-corrected chi connectivity index (χ3v) is 7.46. The van der Waals surface area contributed by atoms with Crippen molar-refractivity contribution in [2.45, 2.75) is 51.4 Å². The second-order valence-electron chi connectivity index (χ2n) is 11.1. The van der Waals surface area contributed by atoms with Crippen LogP contribution in [0.25, 0.3) is 22.4 Å². The van der Waals surface area contributed by atoms with Gasteiger partial charge in [-0.15, -0.1) is 0 Å². The van der Waals surface area contributed by atoms with Crippen LogP contribution in [0.1, 0.15) is 50.5 Å². The van der Waals surface area contributed by atoms with Gasteiger partial charge in [0.1, 0.15) is 11.5 Å². The molecule has 0 saturated heterocycles. The summed E-state index contributed by atoms with van der Waals surface area (Å²) in [6, 6.07) is 29.9. The van der Waals surface area contributed by atoms with Crippen molar-refractivity contribution in [3.8, 4) is 39.8 Å². The highest BCUT2D eigenvalue weighted by Crippen LogP contribution is 2.31. The standard InChI is InChI=1S/C38H45N3O6/c39-22-12-23-40-36(42)19-11-26-46-35-18-10-17-34(32(35)20-21-38(43)44)45-24-8-3-9-25-47-37-28-31(29-13-4-1-5-14-29)27-33(41-37)30-15-6-2-7-16-30/h1-2,4-7,10,13-18,27-28H,3,8-9,11-12,19-26,39H2,(H,40,42)(H,43,44). The predicted octanol–water partition coefficient (Wildman–Crippen LogP) is 6.68. The topological polar surface area (TPSA) is 133 Å². The molecule has 0 unspecified atom stereocenters. The van der Waals surface area contributed by atoms with Crippen LogP contribution in [0.5, 0.6) is 17.4 Å². The van der Waals surface area contributed by atoms with E-state index >= 15 is 0 Å². The maximum absolute atomic E-state index is 11.9. The molecule has 1 aromatic heterocycles. The van der Waals surface area contributed by atoms with Gasteiger partial charge in [-0.05, 0) is 74.4 Å². The Morgan fingerprint density at radius 1 is 0.681 bits per heavy atom. The van der Waals surface area contributed by atoms with E-state index in [1.807, 2.05) is 72.8 Å². The van der Waals surface area contributed by atoms with Crippen molar-refractivity contribution in [1.29, 1.82) is 0 Å². The molecule has 0 spiro atoms. The molecule has 3 aromatic carbocycles. The van der Waals surface area contributed by atoms with E-state index in [9.17, 15) is 14.7 Å². The van der Waals surface area contributed by atoms with Gasteiger partial charge in [-0.2, -0.15) is 0 Å². The molecule has 47 heavy (non-hydrogen) atoms. The number of hydrogen-bond acceptors (Lipinski definition) is 7. The second-order valence-corrected chi connectivity index (χ2v) is 11.1. The van der Waals surface area contributed by atoms with Gasteiger partial charge < -0.3 is 30.4 Å². The highest BCUT2D eigenvalue weighted by molar-refractivity contribution is 5.75. The third-order valence-electron chi connectivity index (χ3n) is 7.46. The molecule has 9 nitrogen and oxygen atoms in total. The molecule has 1 heterocycles. The lowest BCUT2D eigenvalue weighted by molar-refractivity contribution is -0.137. The Balaban J connectivity index is 1.26. The first kappa shape index (κ1) is 35.0. The molecule has 4 aromatic rings. The minimum atomic E-state index is -0.889. The lowest BCUT2D eigenvalue weighted by Gasteiger charge is -2.16. The summed E-state index contributed by atoms with van der Waals surface area (Å²) < 4.78 is 18.2. The molecule has 0 aliphatic heterocycles. The SMILES string of the molecule is NCCCNC(=O)CCCOc1cccc(OCCCCCOc2cc(-c3ccccc3)cc(-c3ccccc3)n2)c1CCC(=O)O. The van der Waals surface area contributed by atoms with Crippen LogP contribution in [-0.4, -0.2) is 54.9 Å². The molecule has 0 atom stereocenters. The highest BCUT2D eigenvalue weighted by Gasteiger charge is 2.14. The van der Waals surface area contributed by atoms with E-state index in [1.54, 1.807) is 0 Å². The van der Waals surface area contributed by atoms with Gasteiger partial charge in [-0.3, -0.25) is 9.59 Å². The Labute approximate surface area is 277 Å². The summed E-state index contributed by atoms with van der Waals surface area (Å²) in [6.45, 7) is 2.44. The Bertz CT molecular complexity index is 1470. The number of nitrogens with two attached hydrogens (primary N) is 1. The maximum Gasteiger partial charge on any atom is 0.303 e. The molecule has 0 aliphatic rings. The van der Waals surface area contributed by atoms with Gasteiger partial charge in [-0.25, -0.2) is 4.98 Å². The number of nitrogens with zero attached hydrogens (tertiary/aromatic N) is 1. The number of aromatic nitrogens is 1. The Morgan fingerprint density at radius 3 is 1.98 bits per heavy atom. The zero-order valence-electron chi connectivity index (χ0n) is 26.9. The number of carbonyl (C=O) groups excluding carboxylic acids is 1. The first-order valence-corrected chi connectivity index (χ1v) is 16.4. The minimum Gasteiger partial charge on any atom is -0.493 e. The fourth-order valence-electron chi connectivity index (χ4n) is 5.00. The summed E-state index contributed by atoms with van der Waals surface area (Å²) in [6.07, 6.45) is 4.40. The van der Waals surface area contributed by atoms with Crippen LogP contribution < -0.4 is 25.3 Å². The first-order valence-electron chi connectivity index (χ1n) is 16.4. The monoisotopic (exact) mass is 639 g/mol. The van der Waals surface area contributed by atoms with E-state index in [2.05, 4.69) is 23.5 Å². The van der Waals surface area contributed by atoms with Crippen LogP contribution in [-0.2, 0) is 16.0 Å². The average molecular weight is 640 g/mol. The van der Waals surface area contributed by atoms with E-state index in [-0.39, 0.29) is 18.7 Å². The number of benzene rings is 3. The van der Waals surface area contributed by atoms with Crippen molar-refractivity contribution in [1.82, 2.24) is 10.3 Å². The minimum absolute atomic E-state index is 0.0375. The number of carbonyl (C=O) groups is 2. The number of pyridine rings is 1. The van der Waals surface area contributed by atoms with Crippen molar-refractivity contribution < 1.29 is 28.9 Å². The Kier molecular flexibility index (Phi) is 14.6. The van der Waals surface area contributed by atoms with Crippen molar-refractivity contribution in [3.63, 3.8) is 0 Å². The average Bonchev–Trinajstić information content (AvgIpc) is 3.10. The molecule has 0 saturated carbocycles. The van der Waals surface area contributed by atoms with Crippen LogP contribution >= 0.6 is 0 Å². The third kappa shape index (κ3) is 12.1. The smallest absolute Gasteiger partial charge is 0.303 e. The van der Waals surface area contributed by atoms with Gasteiger partial charge in [0.15, 0.2) is 0 Å². The zero-order valence-corrected chi connectivity index (χ0v) is 26.9. The number of aliphatic carboxylic acids is 1. The van der Waals surface area contributed by atoms with Crippen LogP contribution in [0, 0.1) is 0 Å². The summed E-state index contributed by atoms with van der Waals surface area (Å²) in [4.78, 5) is 28.1. The molecule has 0 radical (unpaired) electrons. The molecule has 0 bridgehead atoms. The van der Waals surface area contributed by atoms with Crippen molar-refractivity contribution >= 4 is 11.9 Å². The fraction of sp³-hybridized carbons (Fsp3) is 0.342. The lowest BCUT2D eigenvalue weighted by Crippen LogP contribution is -2.26. The number of rotatable bonds is 21. The highest BCUT2D eigenvalue weighted by atomic mass is 16.5. The maximum atomic E-state index is 11.9. The molecule has 0 aliphatic carbocycles. The van der Waals surface area contributed by atoms with Gasteiger partial charge in [0.05, 0.1) is 25.5 Å². The van der Waals surface area contributed by atoms with E-state index in [0.717, 1.165) is 53.6 Å². The lowest BCUT2D eigenvalue weighted by atomic mass is 10.0. The number of carboxylic acid groups (broad SMARTS) is 1. The summed E-state index contributed by atoms with van der Waals surface area (Å²) >= 11 is 0. The van der Waals surface area contributed by atoms with Crippen LogP contribution in [0.3, 0.4) is 0 Å². The van der Waals surface area contributed by atoms with Gasteiger partial charge in [0, 0.05) is 36.6 Å². The fourth-order valence-corrected chi connectivity index (χ4v) is 5.00. The molecular formula is C38H45N3O6. The number of ether oxygens (including phenoxy) is 3.